The number of carbonyl (C=O) groups excluding carboxylic acids is 2. The highest BCUT2D eigenvalue weighted by Crippen LogP contribution is 2.44. The van der Waals surface area contributed by atoms with Gasteiger partial charge in [-0.25, -0.2) is 0 Å². The fraction of sp³-hybridized carbons (Fsp3) is 0.276. The van der Waals surface area contributed by atoms with Crippen molar-refractivity contribution < 1.29 is 28.9 Å². The van der Waals surface area contributed by atoms with Crippen molar-refractivity contribution in [3.05, 3.63) is 89.3 Å². The van der Waals surface area contributed by atoms with E-state index in [-0.39, 0.29) is 23.4 Å². The molecule has 0 radical (unpaired) electrons. The van der Waals surface area contributed by atoms with Gasteiger partial charge < -0.3 is 24.2 Å². The number of methoxy groups -OCH3 is 2. The maximum absolute atomic E-state index is 13.5. The number of aromatic nitrogens is 1. The molecule has 1 aliphatic rings. The Kier molecular flexibility index (Phi) is 7.77. The van der Waals surface area contributed by atoms with Crippen molar-refractivity contribution in [2.45, 2.75) is 26.4 Å². The molecule has 0 bridgehead atoms. The number of pyridine rings is 1. The Balaban J connectivity index is 1.90. The number of ketones is 1. The summed E-state index contributed by atoms with van der Waals surface area (Å²) >= 11 is 0. The van der Waals surface area contributed by atoms with Crippen molar-refractivity contribution in [3.63, 3.8) is 0 Å². The topological polar surface area (TPSA) is 98.2 Å². The van der Waals surface area contributed by atoms with E-state index in [0.29, 0.717) is 35.3 Å². The predicted molar refractivity (Wildman–Crippen MR) is 138 cm³/mol. The number of aliphatic hydroxyl groups is 1. The Bertz CT molecular complexity index is 1300. The minimum Gasteiger partial charge on any atom is -0.506 e. The third kappa shape index (κ3) is 5.28. The molecule has 1 amide bonds. The first-order valence-electron chi connectivity index (χ1n) is 12.0. The van der Waals surface area contributed by atoms with Crippen LogP contribution in [0.15, 0.2) is 72.6 Å². The third-order valence-electron chi connectivity index (χ3n) is 6.04. The van der Waals surface area contributed by atoms with Crippen molar-refractivity contribution in [3.8, 4) is 17.2 Å². The number of hydrogen-bond donors (Lipinski definition) is 1. The van der Waals surface area contributed by atoms with Crippen molar-refractivity contribution in [1.29, 1.82) is 0 Å². The van der Waals surface area contributed by atoms with Crippen LogP contribution < -0.4 is 14.2 Å². The van der Waals surface area contributed by atoms with E-state index >= 15 is 0 Å². The molecule has 1 N–H and O–H groups in total. The van der Waals surface area contributed by atoms with Gasteiger partial charge >= 0.3 is 0 Å². The van der Waals surface area contributed by atoms with E-state index in [1.807, 2.05) is 32.0 Å². The molecule has 0 saturated carbocycles. The number of likely N-dealkylation sites (tertiary alicyclic amines) is 1. The summed E-state index contributed by atoms with van der Waals surface area (Å²) in [6, 6.07) is 15.0. The van der Waals surface area contributed by atoms with E-state index < -0.39 is 17.7 Å². The molecule has 1 atom stereocenters. The smallest absolute Gasteiger partial charge is 0.295 e. The summed E-state index contributed by atoms with van der Waals surface area (Å²) < 4.78 is 16.8. The van der Waals surface area contributed by atoms with Crippen molar-refractivity contribution >= 4 is 17.4 Å². The van der Waals surface area contributed by atoms with Crippen molar-refractivity contribution in [2.75, 3.05) is 20.8 Å². The molecule has 1 saturated heterocycles. The molecule has 192 valence electrons. The van der Waals surface area contributed by atoms with E-state index in [0.717, 1.165) is 5.56 Å². The van der Waals surface area contributed by atoms with Crippen LogP contribution >= 0.6 is 0 Å². The fourth-order valence-corrected chi connectivity index (χ4v) is 4.33. The van der Waals surface area contributed by atoms with Gasteiger partial charge in [-0.05, 0) is 47.4 Å². The number of benzene rings is 2. The molecule has 1 fully saturated rings. The van der Waals surface area contributed by atoms with E-state index in [2.05, 4.69) is 4.98 Å². The maximum Gasteiger partial charge on any atom is 0.295 e. The van der Waals surface area contributed by atoms with Gasteiger partial charge in [0.2, 0.25) is 0 Å². The minimum absolute atomic E-state index is 0.0577. The fourth-order valence-electron chi connectivity index (χ4n) is 4.33. The van der Waals surface area contributed by atoms with Crippen LogP contribution in [0.25, 0.3) is 5.76 Å². The summed E-state index contributed by atoms with van der Waals surface area (Å²) in [5.41, 5.74) is 1.51. The van der Waals surface area contributed by atoms with Gasteiger partial charge in [0.05, 0.1) is 32.4 Å². The van der Waals surface area contributed by atoms with Crippen LogP contribution in [0, 0.1) is 5.92 Å². The van der Waals surface area contributed by atoms with Gasteiger partial charge in [0.25, 0.3) is 11.7 Å². The number of hydrogen-bond acceptors (Lipinski definition) is 7. The summed E-state index contributed by atoms with van der Waals surface area (Å²) in [4.78, 5) is 32.4. The van der Waals surface area contributed by atoms with Gasteiger partial charge in [0.1, 0.15) is 28.6 Å². The standard InChI is InChI=1S/C29H30N2O6/c1-18(2)17-37-21-10-5-9-20(14-21)26-25(27(32)24-22(35-3)11-6-12-23(24)36-4)28(33)29(34)31(26)16-19-8-7-13-30-15-19/h5-15,18,26,32H,16-17H2,1-4H3/b27-25+. The summed E-state index contributed by atoms with van der Waals surface area (Å²) in [6.45, 7) is 4.73. The van der Waals surface area contributed by atoms with Gasteiger partial charge in [-0.2, -0.15) is 0 Å². The lowest BCUT2D eigenvalue weighted by atomic mass is 9.94. The molecule has 0 aliphatic carbocycles. The molecular formula is C29H30N2O6. The summed E-state index contributed by atoms with van der Waals surface area (Å²) in [6.07, 6.45) is 3.28. The lowest BCUT2D eigenvalue weighted by Gasteiger charge is -2.26. The van der Waals surface area contributed by atoms with Gasteiger partial charge in [-0.1, -0.05) is 38.1 Å². The van der Waals surface area contributed by atoms with Gasteiger partial charge in [0.15, 0.2) is 0 Å². The van der Waals surface area contributed by atoms with Crippen LogP contribution in [0.3, 0.4) is 0 Å². The molecular weight excluding hydrogens is 472 g/mol. The maximum atomic E-state index is 13.5. The SMILES string of the molecule is COc1cccc(OC)c1/C(O)=C1\C(=O)C(=O)N(Cc2cccnc2)C1c1cccc(OCC(C)C)c1. The molecule has 2 aromatic carbocycles. The highest BCUT2D eigenvalue weighted by Gasteiger charge is 2.46. The van der Waals surface area contributed by atoms with E-state index in [1.165, 1.54) is 19.1 Å². The quantitative estimate of drug-likeness (QED) is 0.256. The number of ether oxygens (including phenoxy) is 3. The number of amides is 1. The lowest BCUT2D eigenvalue weighted by molar-refractivity contribution is -0.140. The number of carbonyl (C=O) groups is 2. The Hall–Kier alpha value is -4.33. The highest BCUT2D eigenvalue weighted by atomic mass is 16.5. The van der Waals surface area contributed by atoms with Crippen LogP contribution in [0.1, 0.15) is 36.6 Å². The molecule has 1 unspecified atom stereocenters. The second kappa shape index (κ2) is 11.2. The number of Topliss-reactive ketones (excluding diaryl/α,β-unsaturated/α-hetero) is 1. The zero-order valence-electron chi connectivity index (χ0n) is 21.3. The van der Waals surface area contributed by atoms with E-state index in [9.17, 15) is 14.7 Å². The first-order chi connectivity index (χ1) is 17.8. The lowest BCUT2D eigenvalue weighted by Crippen LogP contribution is -2.29. The molecule has 8 nitrogen and oxygen atoms in total. The van der Waals surface area contributed by atoms with Gasteiger partial charge in [-0.15, -0.1) is 0 Å². The second-order valence-electron chi connectivity index (χ2n) is 9.10. The molecule has 8 heteroatoms. The van der Waals surface area contributed by atoms with Crippen LogP contribution in [0.2, 0.25) is 0 Å². The third-order valence-corrected chi connectivity index (χ3v) is 6.04. The Labute approximate surface area is 216 Å². The zero-order valence-corrected chi connectivity index (χ0v) is 21.3. The first kappa shape index (κ1) is 25.8. The molecule has 4 rings (SSSR count). The largest absolute Gasteiger partial charge is 0.506 e. The van der Waals surface area contributed by atoms with Crippen LogP contribution in [0.5, 0.6) is 17.2 Å². The number of aliphatic hydroxyl groups excluding tert-OH is 1. The summed E-state index contributed by atoms with van der Waals surface area (Å²) in [5, 5.41) is 11.6. The normalized spacial score (nSPS) is 16.8. The number of rotatable bonds is 9. The van der Waals surface area contributed by atoms with Crippen LogP contribution in [-0.2, 0) is 16.1 Å². The Morgan fingerprint density at radius 1 is 1.03 bits per heavy atom. The van der Waals surface area contributed by atoms with Crippen molar-refractivity contribution in [1.82, 2.24) is 9.88 Å². The van der Waals surface area contributed by atoms with Crippen molar-refractivity contribution in [2.24, 2.45) is 5.92 Å². The van der Waals surface area contributed by atoms with E-state index in [4.69, 9.17) is 14.2 Å². The zero-order chi connectivity index (χ0) is 26.5. The van der Waals surface area contributed by atoms with Crippen LogP contribution in [-0.4, -0.2) is 47.5 Å². The average molecular weight is 503 g/mol. The Morgan fingerprint density at radius 2 is 1.73 bits per heavy atom. The summed E-state index contributed by atoms with van der Waals surface area (Å²) in [5.74, 6) is -0.359. The van der Waals surface area contributed by atoms with Gasteiger partial charge in [-0.3, -0.25) is 14.6 Å². The summed E-state index contributed by atoms with van der Waals surface area (Å²) in [7, 11) is 2.92. The average Bonchev–Trinajstić information content (AvgIpc) is 3.16. The molecule has 3 aromatic rings. The van der Waals surface area contributed by atoms with Crippen LogP contribution in [0.4, 0.5) is 0 Å². The van der Waals surface area contributed by atoms with Gasteiger partial charge in [0, 0.05) is 18.9 Å². The molecule has 1 aliphatic heterocycles. The molecule has 1 aromatic heterocycles. The minimum atomic E-state index is -0.877. The molecule has 2 heterocycles. The number of nitrogens with zero attached hydrogens (tertiary/aromatic N) is 2. The Morgan fingerprint density at radius 3 is 2.35 bits per heavy atom. The highest BCUT2D eigenvalue weighted by molar-refractivity contribution is 6.46. The first-order valence-corrected chi connectivity index (χ1v) is 12.0. The molecule has 0 spiro atoms. The predicted octanol–water partition coefficient (Wildman–Crippen LogP) is 4.76. The second-order valence-corrected chi connectivity index (χ2v) is 9.10. The molecule has 37 heavy (non-hydrogen) atoms. The van der Waals surface area contributed by atoms with E-state index in [1.54, 1.807) is 48.8 Å². The monoisotopic (exact) mass is 502 g/mol.